The number of aliphatic hydroxyl groups excluding tert-OH is 1. The van der Waals surface area contributed by atoms with Crippen LogP contribution < -0.4 is 5.32 Å². The first-order valence-corrected chi connectivity index (χ1v) is 8.36. The van der Waals surface area contributed by atoms with Crippen LogP contribution in [0, 0.1) is 0 Å². The highest BCUT2D eigenvalue weighted by Crippen LogP contribution is 2.31. The summed E-state index contributed by atoms with van der Waals surface area (Å²) in [4.78, 5) is 0. The number of aliphatic hydroxyl groups is 1. The number of aromatic nitrogens is 2. The van der Waals surface area contributed by atoms with Gasteiger partial charge in [-0.05, 0) is 29.1 Å². The van der Waals surface area contributed by atoms with Gasteiger partial charge in [-0.3, -0.25) is 4.68 Å². The first-order valence-electron chi connectivity index (χ1n) is 8.36. The van der Waals surface area contributed by atoms with Crippen LogP contribution in [0.2, 0.25) is 0 Å². The maximum Gasteiger partial charge on any atom is 0.0802 e. The van der Waals surface area contributed by atoms with Gasteiger partial charge in [0.1, 0.15) is 0 Å². The number of benzene rings is 2. The molecule has 4 nitrogen and oxygen atoms in total. The summed E-state index contributed by atoms with van der Waals surface area (Å²) in [6.07, 6.45) is 3.76. The molecule has 1 aromatic heterocycles. The van der Waals surface area contributed by atoms with Gasteiger partial charge in [0.15, 0.2) is 0 Å². The van der Waals surface area contributed by atoms with Crippen molar-refractivity contribution in [2.45, 2.75) is 25.7 Å². The van der Waals surface area contributed by atoms with Gasteiger partial charge in [-0.15, -0.1) is 0 Å². The van der Waals surface area contributed by atoms with E-state index in [1.165, 1.54) is 0 Å². The molecule has 0 saturated carbocycles. The van der Waals surface area contributed by atoms with E-state index in [1.807, 2.05) is 62.6 Å². The molecule has 0 saturated heterocycles. The molecule has 3 rings (SSSR count). The van der Waals surface area contributed by atoms with Gasteiger partial charge in [0.2, 0.25) is 0 Å². The van der Waals surface area contributed by atoms with Crippen LogP contribution in [0.15, 0.2) is 60.9 Å². The largest absolute Gasteiger partial charge is 0.394 e. The molecular weight excluding hydrogens is 309 g/mol. The Balaban J connectivity index is 1.91. The molecule has 126 valence electrons. The number of anilines is 2. The molecule has 2 N–H and O–H groups in total. The highest BCUT2D eigenvalue weighted by Gasteiger charge is 2.14. The summed E-state index contributed by atoms with van der Waals surface area (Å²) in [5.74, 6) is 0. The number of para-hydroxylation sites is 1. The minimum atomic E-state index is -0.386. The summed E-state index contributed by atoms with van der Waals surface area (Å²) in [6, 6.07) is 16.2. The number of nitrogens with zero attached hydrogens (tertiary/aromatic N) is 2. The average Bonchev–Trinajstić information content (AvgIpc) is 3.04. The maximum atomic E-state index is 9.06. The third-order valence-corrected chi connectivity index (χ3v) is 4.09. The van der Waals surface area contributed by atoms with Crippen LogP contribution >= 0.6 is 0 Å². The number of rotatable bonds is 6. The zero-order valence-electron chi connectivity index (χ0n) is 14.6. The van der Waals surface area contributed by atoms with Crippen molar-refractivity contribution in [3.05, 3.63) is 66.5 Å². The van der Waals surface area contributed by atoms with Gasteiger partial charge in [-0.2, -0.15) is 5.10 Å². The van der Waals surface area contributed by atoms with Crippen LogP contribution in [0.25, 0.3) is 11.1 Å². The van der Waals surface area contributed by atoms with Gasteiger partial charge in [-0.25, -0.2) is 0 Å². The Morgan fingerprint density at radius 2 is 1.96 bits per heavy atom. The SMILES string of the molecule is [B]C(C)(C)c1cccc(Nc2ccccc2-c2cnn(CCO)c2)c1. The lowest BCUT2D eigenvalue weighted by Crippen LogP contribution is -2.16. The van der Waals surface area contributed by atoms with E-state index in [0.717, 1.165) is 28.1 Å². The van der Waals surface area contributed by atoms with Gasteiger partial charge in [0.05, 0.1) is 27.2 Å². The first-order chi connectivity index (χ1) is 12.0. The summed E-state index contributed by atoms with van der Waals surface area (Å²) in [6.45, 7) is 4.55. The van der Waals surface area contributed by atoms with E-state index in [0.29, 0.717) is 6.54 Å². The molecule has 0 atom stereocenters. The van der Waals surface area contributed by atoms with Crippen molar-refractivity contribution in [3.8, 4) is 11.1 Å². The zero-order valence-corrected chi connectivity index (χ0v) is 14.6. The molecule has 0 spiro atoms. The Hall–Kier alpha value is -2.53. The molecule has 2 aromatic carbocycles. The van der Waals surface area contributed by atoms with Crippen LogP contribution in [0.3, 0.4) is 0 Å². The Labute approximate surface area is 149 Å². The Bertz CT molecular complexity index is 852. The third-order valence-electron chi connectivity index (χ3n) is 4.09. The van der Waals surface area contributed by atoms with Crippen molar-refractivity contribution in [2.24, 2.45) is 0 Å². The standard InChI is InChI=1S/C20H22BN3O/c1-20(2,21)16-6-5-7-17(12-16)23-19-9-4-3-8-18(19)15-13-22-24(14-15)10-11-25/h3-9,12-14,23,25H,10-11H2,1-2H3. The minimum absolute atomic E-state index is 0.0721. The highest BCUT2D eigenvalue weighted by molar-refractivity contribution is 6.15. The molecule has 25 heavy (non-hydrogen) atoms. The second-order valence-corrected chi connectivity index (χ2v) is 6.69. The average molecular weight is 331 g/mol. The van der Waals surface area contributed by atoms with Crippen molar-refractivity contribution >= 4 is 19.2 Å². The lowest BCUT2D eigenvalue weighted by Gasteiger charge is -2.21. The van der Waals surface area contributed by atoms with Crippen molar-refractivity contribution in [1.29, 1.82) is 0 Å². The fourth-order valence-electron chi connectivity index (χ4n) is 2.72. The van der Waals surface area contributed by atoms with E-state index >= 15 is 0 Å². The van der Waals surface area contributed by atoms with Crippen LogP contribution in [0.5, 0.6) is 0 Å². The lowest BCUT2D eigenvalue weighted by atomic mass is 9.67. The normalized spacial score (nSPS) is 11.5. The number of nitrogens with one attached hydrogen (secondary N) is 1. The van der Waals surface area contributed by atoms with Crippen LogP contribution in [-0.2, 0) is 11.9 Å². The number of hydrogen-bond acceptors (Lipinski definition) is 3. The molecule has 0 aliphatic rings. The highest BCUT2D eigenvalue weighted by atomic mass is 16.3. The molecule has 0 unspecified atom stereocenters. The van der Waals surface area contributed by atoms with Crippen molar-refractivity contribution in [2.75, 3.05) is 11.9 Å². The third kappa shape index (κ3) is 4.12. The summed E-state index contributed by atoms with van der Waals surface area (Å²) < 4.78 is 1.74. The van der Waals surface area contributed by atoms with Crippen LogP contribution in [0.1, 0.15) is 19.4 Å². The minimum Gasteiger partial charge on any atom is -0.394 e. The fraction of sp³-hybridized carbons (Fsp3) is 0.250. The van der Waals surface area contributed by atoms with Crippen molar-refractivity contribution < 1.29 is 5.11 Å². The Morgan fingerprint density at radius 3 is 2.72 bits per heavy atom. The molecule has 0 fully saturated rings. The van der Waals surface area contributed by atoms with Gasteiger partial charge in [-0.1, -0.05) is 44.2 Å². The van der Waals surface area contributed by atoms with Crippen LogP contribution in [-0.4, -0.2) is 29.3 Å². The molecule has 0 aliphatic heterocycles. The summed E-state index contributed by atoms with van der Waals surface area (Å²) in [5.41, 5.74) is 5.13. The summed E-state index contributed by atoms with van der Waals surface area (Å²) >= 11 is 0. The van der Waals surface area contributed by atoms with E-state index in [4.69, 9.17) is 13.0 Å². The predicted molar refractivity (Wildman–Crippen MR) is 103 cm³/mol. The van der Waals surface area contributed by atoms with E-state index in [2.05, 4.69) is 22.5 Å². The second-order valence-electron chi connectivity index (χ2n) is 6.69. The first kappa shape index (κ1) is 17.3. The van der Waals surface area contributed by atoms with E-state index < -0.39 is 0 Å². The van der Waals surface area contributed by atoms with Gasteiger partial charge >= 0.3 is 0 Å². The second kappa shape index (κ2) is 7.15. The topological polar surface area (TPSA) is 50.1 Å². The lowest BCUT2D eigenvalue weighted by molar-refractivity contribution is 0.269. The van der Waals surface area contributed by atoms with Gasteiger partial charge in [0, 0.05) is 28.7 Å². The zero-order chi connectivity index (χ0) is 17.9. The van der Waals surface area contributed by atoms with Crippen molar-refractivity contribution in [3.63, 3.8) is 0 Å². The summed E-state index contributed by atoms with van der Waals surface area (Å²) in [5, 5.41) is 16.4. The van der Waals surface area contributed by atoms with E-state index in [-0.39, 0.29) is 11.9 Å². The maximum absolute atomic E-state index is 9.06. The molecule has 0 aliphatic carbocycles. The molecule has 1 heterocycles. The molecule has 2 radical (unpaired) electrons. The fourth-order valence-corrected chi connectivity index (χ4v) is 2.72. The quantitative estimate of drug-likeness (QED) is 0.677. The van der Waals surface area contributed by atoms with E-state index in [9.17, 15) is 0 Å². The Kier molecular flexibility index (Phi) is 4.95. The summed E-state index contributed by atoms with van der Waals surface area (Å²) in [7, 11) is 6.21. The van der Waals surface area contributed by atoms with Gasteiger partial charge < -0.3 is 10.4 Å². The Morgan fingerprint density at radius 1 is 1.16 bits per heavy atom. The molecule has 3 aromatic rings. The molecule has 5 heteroatoms. The molecule has 0 bridgehead atoms. The van der Waals surface area contributed by atoms with E-state index in [1.54, 1.807) is 4.68 Å². The molecular formula is C20H22BN3O. The predicted octanol–water partition coefficient (Wildman–Crippen LogP) is 3.69. The van der Waals surface area contributed by atoms with Gasteiger partial charge in [0.25, 0.3) is 0 Å². The smallest absolute Gasteiger partial charge is 0.0802 e. The van der Waals surface area contributed by atoms with Crippen LogP contribution in [0.4, 0.5) is 11.4 Å². The monoisotopic (exact) mass is 331 g/mol. The van der Waals surface area contributed by atoms with Crippen molar-refractivity contribution in [1.82, 2.24) is 9.78 Å². The number of hydrogen-bond donors (Lipinski definition) is 2. The molecule has 0 amide bonds.